The standard InChI is InChI=1S/C20H21N5/c1-14(15-6-4-3-5-7-15)25(2)20-13-23-19-10-16(17(11-21)12-22)8-9-18(19)24-20/h3-14,17,21-22H,1-2H3. The Balaban J connectivity index is 1.92. The van der Waals surface area contributed by atoms with Gasteiger partial charge in [0.1, 0.15) is 5.82 Å². The molecule has 0 amide bonds. The zero-order chi connectivity index (χ0) is 17.8. The third-order valence-corrected chi connectivity index (χ3v) is 4.52. The predicted octanol–water partition coefficient (Wildman–Crippen LogP) is 4.21. The van der Waals surface area contributed by atoms with Crippen LogP contribution in [-0.2, 0) is 0 Å². The monoisotopic (exact) mass is 331 g/mol. The van der Waals surface area contributed by atoms with Crippen molar-refractivity contribution in [3.8, 4) is 0 Å². The number of rotatable bonds is 6. The van der Waals surface area contributed by atoms with Crippen LogP contribution in [0.5, 0.6) is 0 Å². The molecule has 0 spiro atoms. The van der Waals surface area contributed by atoms with Crippen LogP contribution in [0.4, 0.5) is 5.82 Å². The Morgan fingerprint density at radius 3 is 2.36 bits per heavy atom. The summed E-state index contributed by atoms with van der Waals surface area (Å²) in [6.07, 6.45) is 4.28. The lowest BCUT2D eigenvalue weighted by molar-refractivity contribution is 0.728. The highest BCUT2D eigenvalue weighted by Crippen LogP contribution is 2.25. The molecule has 126 valence electrons. The van der Waals surface area contributed by atoms with E-state index in [2.05, 4.69) is 28.9 Å². The minimum absolute atomic E-state index is 0.187. The molecule has 0 saturated heterocycles. The van der Waals surface area contributed by atoms with E-state index in [-0.39, 0.29) is 12.0 Å². The topological polar surface area (TPSA) is 76.7 Å². The van der Waals surface area contributed by atoms with Crippen molar-refractivity contribution in [3.63, 3.8) is 0 Å². The molecule has 3 rings (SSSR count). The Morgan fingerprint density at radius 2 is 1.68 bits per heavy atom. The zero-order valence-corrected chi connectivity index (χ0v) is 14.3. The summed E-state index contributed by atoms with van der Waals surface area (Å²) in [4.78, 5) is 11.4. The van der Waals surface area contributed by atoms with Crippen molar-refractivity contribution in [1.29, 1.82) is 10.8 Å². The Bertz CT molecular complexity index is 883. The van der Waals surface area contributed by atoms with Crippen LogP contribution in [0.2, 0.25) is 0 Å². The molecule has 1 aromatic heterocycles. The van der Waals surface area contributed by atoms with Crippen LogP contribution in [0.15, 0.2) is 54.7 Å². The molecule has 1 atom stereocenters. The van der Waals surface area contributed by atoms with Crippen molar-refractivity contribution in [2.45, 2.75) is 18.9 Å². The Kier molecular flexibility index (Phi) is 4.84. The van der Waals surface area contributed by atoms with Crippen LogP contribution in [0.1, 0.15) is 30.0 Å². The van der Waals surface area contributed by atoms with E-state index in [1.807, 2.05) is 43.4 Å². The van der Waals surface area contributed by atoms with Crippen LogP contribution in [0.3, 0.4) is 0 Å². The van der Waals surface area contributed by atoms with Gasteiger partial charge < -0.3 is 15.7 Å². The lowest BCUT2D eigenvalue weighted by Gasteiger charge is -2.26. The van der Waals surface area contributed by atoms with Crippen LogP contribution < -0.4 is 4.90 Å². The number of nitrogens with zero attached hydrogens (tertiary/aromatic N) is 3. The maximum absolute atomic E-state index is 7.41. The third-order valence-electron chi connectivity index (χ3n) is 4.52. The summed E-state index contributed by atoms with van der Waals surface area (Å²) in [5, 5.41) is 14.8. The number of fused-ring (bicyclic) bond motifs is 1. The van der Waals surface area contributed by atoms with Crippen molar-refractivity contribution >= 4 is 29.3 Å². The molecule has 0 fully saturated rings. The molecule has 2 N–H and O–H groups in total. The van der Waals surface area contributed by atoms with Gasteiger partial charge in [-0.05, 0) is 30.2 Å². The van der Waals surface area contributed by atoms with Crippen molar-refractivity contribution in [2.24, 2.45) is 0 Å². The number of nitrogens with one attached hydrogen (secondary N) is 2. The average Bonchev–Trinajstić information content (AvgIpc) is 2.68. The minimum Gasteiger partial charge on any atom is -0.352 e. The van der Waals surface area contributed by atoms with Crippen molar-refractivity contribution in [1.82, 2.24) is 9.97 Å². The van der Waals surface area contributed by atoms with E-state index in [9.17, 15) is 0 Å². The summed E-state index contributed by atoms with van der Waals surface area (Å²) in [6, 6.07) is 16.2. The number of hydrogen-bond donors (Lipinski definition) is 2. The predicted molar refractivity (Wildman–Crippen MR) is 103 cm³/mol. The van der Waals surface area contributed by atoms with Crippen molar-refractivity contribution in [3.05, 3.63) is 65.9 Å². The maximum atomic E-state index is 7.41. The molecule has 0 aliphatic carbocycles. The van der Waals surface area contributed by atoms with E-state index >= 15 is 0 Å². The van der Waals surface area contributed by atoms with Crippen LogP contribution in [-0.4, -0.2) is 29.4 Å². The quantitative estimate of drug-likeness (QED) is 0.664. The summed E-state index contributed by atoms with van der Waals surface area (Å²) in [5.74, 6) is 0.499. The normalized spacial score (nSPS) is 13.2. The number of benzene rings is 2. The molecular weight excluding hydrogens is 310 g/mol. The molecule has 0 aliphatic rings. The first-order valence-electron chi connectivity index (χ1n) is 8.19. The van der Waals surface area contributed by atoms with Gasteiger partial charge in [-0.2, -0.15) is 0 Å². The lowest BCUT2D eigenvalue weighted by Crippen LogP contribution is -2.22. The highest BCUT2D eigenvalue weighted by Gasteiger charge is 2.14. The molecule has 25 heavy (non-hydrogen) atoms. The van der Waals surface area contributed by atoms with E-state index in [1.54, 1.807) is 6.20 Å². The van der Waals surface area contributed by atoms with Gasteiger partial charge in [-0.15, -0.1) is 0 Å². The molecule has 0 saturated carbocycles. The van der Waals surface area contributed by atoms with E-state index in [0.717, 1.165) is 22.4 Å². The first-order chi connectivity index (χ1) is 12.1. The maximum Gasteiger partial charge on any atom is 0.148 e. The van der Waals surface area contributed by atoms with Gasteiger partial charge in [0.25, 0.3) is 0 Å². The van der Waals surface area contributed by atoms with Gasteiger partial charge in [-0.1, -0.05) is 36.4 Å². The van der Waals surface area contributed by atoms with Crippen molar-refractivity contribution < 1.29 is 0 Å². The molecule has 0 aliphatic heterocycles. The van der Waals surface area contributed by atoms with Gasteiger partial charge in [0.15, 0.2) is 0 Å². The Hall–Kier alpha value is -3.08. The molecule has 0 radical (unpaired) electrons. The first kappa shape index (κ1) is 16.8. The van der Waals surface area contributed by atoms with Gasteiger partial charge in [0.05, 0.1) is 29.2 Å². The second kappa shape index (κ2) is 7.21. The van der Waals surface area contributed by atoms with E-state index in [0.29, 0.717) is 0 Å². The van der Waals surface area contributed by atoms with Gasteiger partial charge in [0, 0.05) is 19.5 Å². The zero-order valence-electron chi connectivity index (χ0n) is 14.3. The Labute approximate surface area is 147 Å². The van der Waals surface area contributed by atoms with Crippen molar-refractivity contribution in [2.75, 3.05) is 11.9 Å². The molecular formula is C20H21N5. The van der Waals surface area contributed by atoms with Crippen LogP contribution in [0.25, 0.3) is 11.0 Å². The lowest BCUT2D eigenvalue weighted by atomic mass is 10.0. The van der Waals surface area contributed by atoms with Crippen LogP contribution >= 0.6 is 0 Å². The average molecular weight is 331 g/mol. The largest absolute Gasteiger partial charge is 0.352 e. The third kappa shape index (κ3) is 3.40. The first-order valence-corrected chi connectivity index (χ1v) is 8.19. The minimum atomic E-state index is -0.313. The molecule has 5 heteroatoms. The van der Waals surface area contributed by atoms with Crippen LogP contribution in [0, 0.1) is 10.8 Å². The summed E-state index contributed by atoms with van der Waals surface area (Å²) in [5.41, 5.74) is 3.69. The van der Waals surface area contributed by atoms with Gasteiger partial charge in [-0.25, -0.2) is 4.98 Å². The fourth-order valence-electron chi connectivity index (χ4n) is 2.79. The molecule has 2 aromatic carbocycles. The summed E-state index contributed by atoms with van der Waals surface area (Å²) in [6.45, 7) is 2.14. The fraction of sp³-hybridized carbons (Fsp3) is 0.200. The van der Waals surface area contributed by atoms with E-state index < -0.39 is 0 Å². The molecule has 5 nitrogen and oxygen atoms in total. The summed E-state index contributed by atoms with van der Waals surface area (Å²) < 4.78 is 0. The van der Waals surface area contributed by atoms with E-state index in [4.69, 9.17) is 15.8 Å². The second-order valence-corrected chi connectivity index (χ2v) is 6.03. The van der Waals surface area contributed by atoms with Gasteiger partial charge in [-0.3, -0.25) is 4.98 Å². The van der Waals surface area contributed by atoms with Gasteiger partial charge >= 0.3 is 0 Å². The summed E-state index contributed by atoms with van der Waals surface area (Å²) >= 11 is 0. The highest BCUT2D eigenvalue weighted by molar-refractivity contribution is 5.89. The number of aromatic nitrogens is 2. The molecule has 0 bridgehead atoms. The van der Waals surface area contributed by atoms with E-state index in [1.165, 1.54) is 18.0 Å². The van der Waals surface area contributed by atoms with Gasteiger partial charge in [0.2, 0.25) is 0 Å². The molecule has 3 aromatic rings. The second-order valence-electron chi connectivity index (χ2n) is 6.03. The number of hydrogen-bond acceptors (Lipinski definition) is 5. The molecule has 1 unspecified atom stereocenters. The SMILES string of the molecule is CC(c1ccccc1)N(C)c1cnc2cc(C(C=N)C=N)ccc2n1. The smallest absolute Gasteiger partial charge is 0.148 e. The fourth-order valence-corrected chi connectivity index (χ4v) is 2.79. The molecule has 1 heterocycles. The highest BCUT2D eigenvalue weighted by atomic mass is 15.2. The Morgan fingerprint density at radius 1 is 0.960 bits per heavy atom. The number of anilines is 1. The summed E-state index contributed by atoms with van der Waals surface area (Å²) in [7, 11) is 2.02.